The van der Waals surface area contributed by atoms with Crippen molar-refractivity contribution in [3.05, 3.63) is 41.3 Å². The van der Waals surface area contributed by atoms with E-state index in [9.17, 15) is 14.3 Å². The third kappa shape index (κ3) is 2.49. The number of rotatable bonds is 2. The maximum atomic E-state index is 13.3. The molecule has 120 valence electrons. The van der Waals surface area contributed by atoms with Gasteiger partial charge in [0.25, 0.3) is 5.91 Å². The van der Waals surface area contributed by atoms with Crippen molar-refractivity contribution in [1.82, 2.24) is 9.88 Å². The number of likely N-dealkylation sites (tertiary alicyclic amines) is 1. The lowest BCUT2D eigenvalue weighted by Gasteiger charge is -2.23. The van der Waals surface area contributed by atoms with Gasteiger partial charge in [-0.05, 0) is 50.3 Å². The Bertz CT molecular complexity index is 803. The van der Waals surface area contributed by atoms with Gasteiger partial charge in [0.15, 0.2) is 0 Å². The minimum absolute atomic E-state index is 0.0993. The number of aliphatic hydroxyl groups is 1. The van der Waals surface area contributed by atoms with Crippen LogP contribution in [0.4, 0.5) is 4.39 Å². The quantitative estimate of drug-likeness (QED) is 0.927. The molecule has 0 bridgehead atoms. The summed E-state index contributed by atoms with van der Waals surface area (Å²) in [4.78, 5) is 18.9. The van der Waals surface area contributed by atoms with Crippen LogP contribution < -0.4 is 0 Å². The number of halogens is 1. The number of hydrogen-bond acceptors (Lipinski definition) is 3. The van der Waals surface area contributed by atoms with Crippen molar-refractivity contribution in [2.75, 3.05) is 13.1 Å². The van der Waals surface area contributed by atoms with E-state index in [1.165, 1.54) is 12.1 Å². The van der Waals surface area contributed by atoms with Crippen molar-refractivity contribution in [3.63, 3.8) is 0 Å². The topological polar surface area (TPSA) is 53.4 Å². The van der Waals surface area contributed by atoms with E-state index in [4.69, 9.17) is 0 Å². The van der Waals surface area contributed by atoms with Crippen LogP contribution in [0.25, 0.3) is 10.9 Å². The van der Waals surface area contributed by atoms with Crippen LogP contribution in [-0.2, 0) is 0 Å². The highest BCUT2D eigenvalue weighted by molar-refractivity contribution is 5.98. The molecule has 2 fully saturated rings. The first-order valence-electron chi connectivity index (χ1n) is 8.05. The van der Waals surface area contributed by atoms with Gasteiger partial charge in [0.05, 0.1) is 28.9 Å². The van der Waals surface area contributed by atoms with Gasteiger partial charge in [0.2, 0.25) is 0 Å². The van der Waals surface area contributed by atoms with Gasteiger partial charge < -0.3 is 10.0 Å². The van der Waals surface area contributed by atoms with Crippen LogP contribution in [0.15, 0.2) is 24.3 Å². The smallest absolute Gasteiger partial charge is 0.255 e. The standard InChI is InChI=1S/C18H19FN2O2/c1-11-15(8-12-2-5-14(19)9-16(12)20-11)17(22)21-7-6-18(23,10-21)13-3-4-13/h2,5,8-9,13,23H,3-4,6-7,10H2,1H3. The van der Waals surface area contributed by atoms with Gasteiger partial charge in [-0.3, -0.25) is 9.78 Å². The Morgan fingerprint density at radius 2 is 2.17 bits per heavy atom. The molecule has 1 N–H and O–H groups in total. The Kier molecular flexibility index (Phi) is 3.17. The number of carbonyl (C=O) groups excluding carboxylic acids is 1. The molecule has 1 saturated heterocycles. The average molecular weight is 314 g/mol. The molecule has 2 aliphatic rings. The maximum absolute atomic E-state index is 13.3. The Balaban J connectivity index is 1.64. The molecule has 1 aliphatic heterocycles. The Labute approximate surface area is 133 Å². The predicted molar refractivity (Wildman–Crippen MR) is 84.6 cm³/mol. The highest BCUT2D eigenvalue weighted by atomic mass is 19.1. The number of fused-ring (bicyclic) bond motifs is 1. The molecule has 1 aliphatic carbocycles. The van der Waals surface area contributed by atoms with E-state index >= 15 is 0 Å². The summed E-state index contributed by atoms with van der Waals surface area (Å²) in [7, 11) is 0. The molecule has 1 atom stereocenters. The first-order valence-corrected chi connectivity index (χ1v) is 8.05. The van der Waals surface area contributed by atoms with Crippen molar-refractivity contribution in [3.8, 4) is 0 Å². The molecule has 1 aromatic carbocycles. The summed E-state index contributed by atoms with van der Waals surface area (Å²) in [5, 5.41) is 11.4. The van der Waals surface area contributed by atoms with Crippen molar-refractivity contribution in [2.45, 2.75) is 31.8 Å². The summed E-state index contributed by atoms with van der Waals surface area (Å²) < 4.78 is 13.3. The fraction of sp³-hybridized carbons (Fsp3) is 0.444. The molecule has 4 rings (SSSR count). The lowest BCUT2D eigenvalue weighted by atomic mass is 9.97. The SMILES string of the molecule is Cc1nc2cc(F)ccc2cc1C(=O)N1CCC(O)(C2CC2)C1. The fourth-order valence-corrected chi connectivity index (χ4v) is 3.57. The summed E-state index contributed by atoms with van der Waals surface area (Å²) >= 11 is 0. The third-order valence-corrected chi connectivity index (χ3v) is 5.10. The zero-order valence-corrected chi connectivity index (χ0v) is 13.1. The molecule has 4 nitrogen and oxygen atoms in total. The largest absolute Gasteiger partial charge is 0.388 e. The van der Waals surface area contributed by atoms with Gasteiger partial charge in [0.1, 0.15) is 5.82 Å². The molecule has 2 heterocycles. The van der Waals surface area contributed by atoms with Gasteiger partial charge in [-0.1, -0.05) is 0 Å². The van der Waals surface area contributed by atoms with Gasteiger partial charge in [-0.2, -0.15) is 0 Å². The lowest BCUT2D eigenvalue weighted by molar-refractivity contribution is 0.0257. The summed E-state index contributed by atoms with van der Waals surface area (Å²) in [5.41, 5.74) is 0.964. The molecule has 1 amide bonds. The van der Waals surface area contributed by atoms with Gasteiger partial charge >= 0.3 is 0 Å². The average Bonchev–Trinajstić information content (AvgIpc) is 3.30. The summed E-state index contributed by atoms with van der Waals surface area (Å²) in [6.07, 6.45) is 2.76. The number of aryl methyl sites for hydroxylation is 1. The molecule has 2 aromatic rings. The number of hydrogen-bond donors (Lipinski definition) is 1. The van der Waals surface area contributed by atoms with Crippen LogP contribution in [0.5, 0.6) is 0 Å². The van der Waals surface area contributed by atoms with Gasteiger partial charge in [-0.25, -0.2) is 4.39 Å². The summed E-state index contributed by atoms with van der Waals surface area (Å²) in [5.74, 6) is -0.0885. The second-order valence-electron chi connectivity index (χ2n) is 6.81. The summed E-state index contributed by atoms with van der Waals surface area (Å²) in [6.45, 7) is 2.74. The molecule has 5 heteroatoms. The second-order valence-corrected chi connectivity index (χ2v) is 6.81. The van der Waals surface area contributed by atoms with Crippen LogP contribution in [0, 0.1) is 18.7 Å². The zero-order chi connectivity index (χ0) is 16.2. The first kappa shape index (κ1) is 14.6. The number of carbonyl (C=O) groups is 1. The number of benzene rings is 1. The first-order chi connectivity index (χ1) is 11.0. The van der Waals surface area contributed by atoms with E-state index in [0.29, 0.717) is 42.2 Å². The second kappa shape index (κ2) is 4.99. The van der Waals surface area contributed by atoms with Gasteiger partial charge in [0, 0.05) is 18.0 Å². The maximum Gasteiger partial charge on any atom is 0.255 e. The normalized spacial score (nSPS) is 24.4. The van der Waals surface area contributed by atoms with E-state index in [-0.39, 0.29) is 11.7 Å². The molecule has 23 heavy (non-hydrogen) atoms. The van der Waals surface area contributed by atoms with Crippen molar-refractivity contribution >= 4 is 16.8 Å². The number of β-amino-alcohol motifs (C(OH)–C–C–N with tert-alkyl or cyclic N) is 1. The number of aromatic nitrogens is 1. The van der Waals surface area contributed by atoms with Crippen LogP contribution in [-0.4, -0.2) is 39.6 Å². The van der Waals surface area contributed by atoms with E-state index in [0.717, 1.165) is 18.2 Å². The van der Waals surface area contributed by atoms with E-state index in [1.807, 2.05) is 0 Å². The van der Waals surface area contributed by atoms with E-state index in [1.54, 1.807) is 24.0 Å². The minimum Gasteiger partial charge on any atom is -0.388 e. The number of pyridine rings is 1. The number of nitrogens with zero attached hydrogens (tertiary/aromatic N) is 2. The molecule has 1 saturated carbocycles. The Hall–Kier alpha value is -2.01. The third-order valence-electron chi connectivity index (χ3n) is 5.10. The molecule has 0 radical (unpaired) electrons. The number of amides is 1. The van der Waals surface area contributed by atoms with Crippen molar-refractivity contribution < 1.29 is 14.3 Å². The monoisotopic (exact) mass is 314 g/mol. The zero-order valence-electron chi connectivity index (χ0n) is 13.1. The molecule has 1 aromatic heterocycles. The molecule has 0 spiro atoms. The Morgan fingerprint density at radius 3 is 2.91 bits per heavy atom. The molecule has 1 unspecified atom stereocenters. The predicted octanol–water partition coefficient (Wildman–Crippen LogP) is 2.67. The Morgan fingerprint density at radius 1 is 1.39 bits per heavy atom. The van der Waals surface area contributed by atoms with E-state index in [2.05, 4.69) is 4.98 Å². The molecular formula is C18H19FN2O2. The summed E-state index contributed by atoms with van der Waals surface area (Å²) in [6, 6.07) is 6.15. The molecular weight excluding hydrogens is 295 g/mol. The van der Waals surface area contributed by atoms with E-state index < -0.39 is 5.60 Å². The van der Waals surface area contributed by atoms with Crippen LogP contribution in [0.2, 0.25) is 0 Å². The van der Waals surface area contributed by atoms with Crippen LogP contribution in [0.3, 0.4) is 0 Å². The lowest BCUT2D eigenvalue weighted by Crippen LogP contribution is -2.38. The highest BCUT2D eigenvalue weighted by Gasteiger charge is 2.49. The van der Waals surface area contributed by atoms with Crippen molar-refractivity contribution in [1.29, 1.82) is 0 Å². The minimum atomic E-state index is -0.711. The van der Waals surface area contributed by atoms with Gasteiger partial charge in [-0.15, -0.1) is 0 Å². The van der Waals surface area contributed by atoms with Crippen LogP contribution >= 0.6 is 0 Å². The van der Waals surface area contributed by atoms with Crippen molar-refractivity contribution in [2.24, 2.45) is 5.92 Å². The highest BCUT2D eigenvalue weighted by Crippen LogP contribution is 2.44. The fourth-order valence-electron chi connectivity index (χ4n) is 3.57. The van der Waals surface area contributed by atoms with Crippen LogP contribution in [0.1, 0.15) is 35.3 Å².